The first-order chi connectivity index (χ1) is 9.00. The predicted octanol–water partition coefficient (Wildman–Crippen LogP) is 3.34. The summed E-state index contributed by atoms with van der Waals surface area (Å²) in [7, 11) is 0. The largest absolute Gasteiger partial charge is 0.338 e. The Morgan fingerprint density at radius 3 is 2.32 bits per heavy atom. The fourth-order valence-corrected chi connectivity index (χ4v) is 2.12. The number of hydrogen-bond donors (Lipinski definition) is 1. The molecule has 0 unspecified atom stereocenters. The highest BCUT2D eigenvalue weighted by molar-refractivity contribution is 5.96. The summed E-state index contributed by atoms with van der Waals surface area (Å²) < 4.78 is 5.07. The molecule has 0 fully saturated rings. The average Bonchev–Trinajstić information content (AvgIpc) is 2.70. The summed E-state index contributed by atoms with van der Waals surface area (Å²) in [5.74, 6) is 0.0484. The lowest BCUT2D eigenvalue weighted by molar-refractivity contribution is -0.123. The van der Waals surface area contributed by atoms with Gasteiger partial charge in [0.1, 0.15) is 5.41 Å². The summed E-state index contributed by atoms with van der Waals surface area (Å²) in [6.45, 7) is 7.58. The molecule has 5 heteroatoms. The molecule has 0 radical (unpaired) electrons. The van der Waals surface area contributed by atoms with E-state index in [0.717, 1.165) is 24.1 Å². The quantitative estimate of drug-likeness (QED) is 0.853. The summed E-state index contributed by atoms with van der Waals surface area (Å²) >= 11 is 0. The number of nitrogens with one attached hydrogen (secondary N) is 1. The highest BCUT2D eigenvalue weighted by Crippen LogP contribution is 2.31. The van der Waals surface area contributed by atoms with E-state index in [2.05, 4.69) is 16.5 Å². The van der Waals surface area contributed by atoms with Gasteiger partial charge in [-0.1, -0.05) is 31.8 Å². The second-order valence-electron chi connectivity index (χ2n) is 4.87. The average molecular weight is 263 g/mol. The van der Waals surface area contributed by atoms with Gasteiger partial charge >= 0.3 is 0 Å². The van der Waals surface area contributed by atoms with Gasteiger partial charge < -0.3 is 4.52 Å². The third kappa shape index (κ3) is 3.14. The van der Waals surface area contributed by atoms with Crippen molar-refractivity contribution in [1.82, 2.24) is 5.16 Å². The van der Waals surface area contributed by atoms with E-state index in [9.17, 15) is 10.1 Å². The summed E-state index contributed by atoms with van der Waals surface area (Å²) in [6.07, 6.45) is 2.68. The molecule has 0 atom stereocenters. The van der Waals surface area contributed by atoms with Crippen molar-refractivity contribution in [1.29, 1.82) is 5.26 Å². The van der Waals surface area contributed by atoms with E-state index in [1.807, 2.05) is 27.7 Å². The maximum Gasteiger partial charge on any atom is 0.247 e. The van der Waals surface area contributed by atoms with Crippen LogP contribution in [0, 0.1) is 30.6 Å². The summed E-state index contributed by atoms with van der Waals surface area (Å²) in [4.78, 5) is 12.4. The van der Waals surface area contributed by atoms with Gasteiger partial charge in [0.25, 0.3) is 0 Å². The summed E-state index contributed by atoms with van der Waals surface area (Å²) in [5, 5.41) is 15.9. The number of hydrogen-bond acceptors (Lipinski definition) is 4. The molecular weight excluding hydrogens is 242 g/mol. The predicted molar refractivity (Wildman–Crippen MR) is 72.5 cm³/mol. The van der Waals surface area contributed by atoms with Gasteiger partial charge in [-0.2, -0.15) is 5.26 Å². The Hall–Kier alpha value is -1.83. The Balaban J connectivity index is 2.95. The summed E-state index contributed by atoms with van der Waals surface area (Å²) in [5.41, 5.74) is 0.563. The third-order valence-corrected chi connectivity index (χ3v) is 3.39. The number of carbonyl (C=O) groups is 1. The molecule has 1 N–H and O–H groups in total. The molecular formula is C14H21N3O2. The SMILES string of the molecule is CCCC(C#N)(CCC)C(=O)Nc1onc(C)c1C. The molecule has 0 aromatic carbocycles. The molecule has 0 aliphatic heterocycles. The highest BCUT2D eigenvalue weighted by Gasteiger charge is 2.37. The van der Waals surface area contributed by atoms with Crippen molar-refractivity contribution in [3.63, 3.8) is 0 Å². The van der Waals surface area contributed by atoms with Crippen LogP contribution in [0.2, 0.25) is 0 Å². The zero-order chi connectivity index (χ0) is 14.5. The van der Waals surface area contributed by atoms with Crippen molar-refractivity contribution in [2.24, 2.45) is 5.41 Å². The van der Waals surface area contributed by atoms with Crippen molar-refractivity contribution in [2.75, 3.05) is 5.32 Å². The molecule has 0 aliphatic carbocycles. The van der Waals surface area contributed by atoms with Crippen LogP contribution in [0.3, 0.4) is 0 Å². The number of nitrogens with zero attached hydrogens (tertiary/aromatic N) is 2. The van der Waals surface area contributed by atoms with Gasteiger partial charge in [0.05, 0.1) is 11.8 Å². The van der Waals surface area contributed by atoms with Gasteiger partial charge in [-0.05, 0) is 26.7 Å². The second-order valence-corrected chi connectivity index (χ2v) is 4.87. The zero-order valence-electron chi connectivity index (χ0n) is 12.0. The lowest BCUT2D eigenvalue weighted by Crippen LogP contribution is -2.35. The Morgan fingerprint density at radius 1 is 1.37 bits per heavy atom. The van der Waals surface area contributed by atoms with Gasteiger partial charge in [0.2, 0.25) is 11.8 Å². The molecule has 0 saturated heterocycles. The fraction of sp³-hybridized carbons (Fsp3) is 0.643. The Kier molecular flexibility index (Phi) is 5.11. The minimum absolute atomic E-state index is 0.294. The molecule has 1 heterocycles. The third-order valence-electron chi connectivity index (χ3n) is 3.39. The normalized spacial score (nSPS) is 11.1. The molecule has 1 aromatic rings. The van der Waals surface area contributed by atoms with E-state index in [4.69, 9.17) is 4.52 Å². The molecule has 0 aliphatic rings. The van der Waals surface area contributed by atoms with Crippen LogP contribution in [0.15, 0.2) is 4.52 Å². The van der Waals surface area contributed by atoms with Crippen molar-refractivity contribution in [2.45, 2.75) is 53.4 Å². The monoisotopic (exact) mass is 263 g/mol. The highest BCUT2D eigenvalue weighted by atomic mass is 16.5. The Bertz CT molecular complexity index is 479. The van der Waals surface area contributed by atoms with Crippen molar-refractivity contribution >= 4 is 11.8 Å². The Labute approximate surface area is 114 Å². The maximum absolute atomic E-state index is 12.4. The van der Waals surface area contributed by atoms with E-state index < -0.39 is 5.41 Å². The number of aromatic nitrogens is 1. The molecule has 5 nitrogen and oxygen atoms in total. The van der Waals surface area contributed by atoms with Gasteiger partial charge in [0, 0.05) is 5.56 Å². The van der Waals surface area contributed by atoms with E-state index in [1.165, 1.54) is 0 Å². The van der Waals surface area contributed by atoms with Crippen molar-refractivity contribution < 1.29 is 9.32 Å². The first kappa shape index (κ1) is 15.2. The van der Waals surface area contributed by atoms with Gasteiger partial charge in [-0.3, -0.25) is 10.1 Å². The molecule has 0 saturated carbocycles. The molecule has 0 bridgehead atoms. The van der Waals surface area contributed by atoms with Gasteiger partial charge in [0.15, 0.2) is 0 Å². The molecule has 0 spiro atoms. The molecule has 19 heavy (non-hydrogen) atoms. The van der Waals surface area contributed by atoms with Crippen LogP contribution in [0.5, 0.6) is 0 Å². The lowest BCUT2D eigenvalue weighted by atomic mass is 9.80. The van der Waals surface area contributed by atoms with Crippen LogP contribution in [-0.4, -0.2) is 11.1 Å². The van der Waals surface area contributed by atoms with Crippen LogP contribution >= 0.6 is 0 Å². The number of nitriles is 1. The number of rotatable bonds is 6. The van der Waals surface area contributed by atoms with Crippen LogP contribution in [-0.2, 0) is 4.79 Å². The van der Waals surface area contributed by atoms with Crippen molar-refractivity contribution in [3.05, 3.63) is 11.3 Å². The minimum Gasteiger partial charge on any atom is -0.338 e. The number of anilines is 1. The first-order valence-electron chi connectivity index (χ1n) is 6.66. The topological polar surface area (TPSA) is 78.9 Å². The first-order valence-corrected chi connectivity index (χ1v) is 6.66. The molecule has 1 amide bonds. The molecule has 104 valence electrons. The van der Waals surface area contributed by atoms with Crippen LogP contribution < -0.4 is 5.32 Å². The maximum atomic E-state index is 12.4. The number of aryl methyl sites for hydroxylation is 1. The summed E-state index contributed by atoms with van der Waals surface area (Å²) in [6, 6.07) is 2.19. The van der Waals surface area contributed by atoms with E-state index in [1.54, 1.807) is 0 Å². The smallest absolute Gasteiger partial charge is 0.247 e. The van der Waals surface area contributed by atoms with Crippen LogP contribution in [0.1, 0.15) is 50.8 Å². The molecule has 1 rings (SSSR count). The number of carbonyl (C=O) groups excluding carboxylic acids is 1. The number of amides is 1. The minimum atomic E-state index is -0.976. The van der Waals surface area contributed by atoms with E-state index in [-0.39, 0.29) is 5.91 Å². The second kappa shape index (κ2) is 6.37. The van der Waals surface area contributed by atoms with E-state index in [0.29, 0.717) is 18.7 Å². The van der Waals surface area contributed by atoms with Gasteiger partial charge in [-0.25, -0.2) is 0 Å². The van der Waals surface area contributed by atoms with Crippen molar-refractivity contribution in [3.8, 4) is 6.07 Å². The van der Waals surface area contributed by atoms with Crippen LogP contribution in [0.4, 0.5) is 5.88 Å². The fourth-order valence-electron chi connectivity index (χ4n) is 2.12. The lowest BCUT2D eigenvalue weighted by Gasteiger charge is -2.23. The van der Waals surface area contributed by atoms with E-state index >= 15 is 0 Å². The molecule has 1 aromatic heterocycles. The van der Waals surface area contributed by atoms with Gasteiger partial charge in [-0.15, -0.1) is 0 Å². The Morgan fingerprint density at radius 2 is 1.95 bits per heavy atom. The van der Waals surface area contributed by atoms with Crippen LogP contribution in [0.25, 0.3) is 0 Å². The standard InChI is InChI=1S/C14H21N3O2/c1-5-7-14(9-15,8-6-2)13(18)16-12-10(3)11(4)17-19-12/h5-8H2,1-4H3,(H,16,18). The zero-order valence-corrected chi connectivity index (χ0v) is 12.0.